The van der Waals surface area contributed by atoms with E-state index < -0.39 is 17.7 Å². The van der Waals surface area contributed by atoms with Crippen molar-refractivity contribution in [3.05, 3.63) is 68.7 Å². The number of hydrogen-bond acceptors (Lipinski definition) is 1. The van der Waals surface area contributed by atoms with Crippen LogP contribution in [0, 0.1) is 11.6 Å². The van der Waals surface area contributed by atoms with Crippen LogP contribution in [-0.2, 0) is 0 Å². The summed E-state index contributed by atoms with van der Waals surface area (Å²) in [6.07, 6.45) is -1.37. The molecule has 0 aromatic heterocycles. The number of rotatable bonds is 2. The summed E-state index contributed by atoms with van der Waals surface area (Å²) < 4.78 is 27.8. The normalized spacial score (nSPS) is 12.5. The summed E-state index contributed by atoms with van der Waals surface area (Å²) in [5.74, 6) is -1.27. The van der Waals surface area contributed by atoms with Crippen molar-refractivity contribution in [3.8, 4) is 0 Å². The van der Waals surface area contributed by atoms with Crippen molar-refractivity contribution in [2.45, 2.75) is 6.10 Å². The van der Waals surface area contributed by atoms with Crippen LogP contribution in [0.5, 0.6) is 0 Å². The van der Waals surface area contributed by atoms with Crippen LogP contribution >= 0.6 is 27.5 Å². The minimum atomic E-state index is -1.37. The van der Waals surface area contributed by atoms with Gasteiger partial charge in [-0.1, -0.05) is 39.7 Å². The second-order valence-corrected chi connectivity index (χ2v) is 5.09. The Morgan fingerprint density at radius 1 is 1.00 bits per heavy atom. The van der Waals surface area contributed by atoms with Crippen molar-refractivity contribution in [1.82, 2.24) is 0 Å². The Hall–Kier alpha value is -0.970. The lowest BCUT2D eigenvalue weighted by Gasteiger charge is -2.13. The molecule has 1 N–H and O–H groups in total. The molecule has 0 heterocycles. The van der Waals surface area contributed by atoms with Gasteiger partial charge in [-0.05, 0) is 24.3 Å². The average molecular weight is 334 g/mol. The maximum atomic E-state index is 13.7. The lowest BCUT2D eigenvalue weighted by Crippen LogP contribution is -2.05. The fourth-order valence-corrected chi connectivity index (χ4v) is 2.11. The first-order valence-corrected chi connectivity index (χ1v) is 6.24. The van der Waals surface area contributed by atoms with E-state index in [1.807, 2.05) is 0 Å². The third-order valence-corrected chi connectivity index (χ3v) is 3.24. The first-order valence-electron chi connectivity index (χ1n) is 5.07. The van der Waals surface area contributed by atoms with Gasteiger partial charge in [0, 0.05) is 20.6 Å². The SMILES string of the molecule is OC(c1ccc(Cl)cc1F)c1ccc(Br)cc1F. The smallest absolute Gasteiger partial charge is 0.130 e. The highest BCUT2D eigenvalue weighted by Gasteiger charge is 2.18. The largest absolute Gasteiger partial charge is 0.383 e. The van der Waals surface area contributed by atoms with Gasteiger partial charge in [0.1, 0.15) is 17.7 Å². The molecule has 18 heavy (non-hydrogen) atoms. The summed E-state index contributed by atoms with van der Waals surface area (Å²) >= 11 is 8.73. The van der Waals surface area contributed by atoms with E-state index in [1.165, 1.54) is 24.3 Å². The molecular weight excluding hydrogens is 325 g/mol. The molecule has 2 rings (SSSR count). The van der Waals surface area contributed by atoms with E-state index in [-0.39, 0.29) is 16.1 Å². The van der Waals surface area contributed by atoms with E-state index in [2.05, 4.69) is 15.9 Å². The Bertz CT molecular complexity index is 538. The molecule has 0 aliphatic heterocycles. The quantitative estimate of drug-likeness (QED) is 0.860. The molecule has 0 radical (unpaired) electrons. The molecule has 0 saturated heterocycles. The fraction of sp³-hybridized carbons (Fsp3) is 0.0769. The summed E-state index contributed by atoms with van der Waals surface area (Å²) in [6, 6.07) is 8.06. The Balaban J connectivity index is 2.44. The third kappa shape index (κ3) is 2.71. The number of aliphatic hydroxyl groups excluding tert-OH is 1. The average Bonchev–Trinajstić information content (AvgIpc) is 2.28. The zero-order valence-corrected chi connectivity index (χ0v) is 11.3. The first kappa shape index (κ1) is 13.5. The highest BCUT2D eigenvalue weighted by atomic mass is 79.9. The van der Waals surface area contributed by atoms with E-state index in [9.17, 15) is 13.9 Å². The minimum absolute atomic E-state index is 0.0133. The predicted octanol–water partition coefficient (Wildman–Crippen LogP) is 4.46. The standard InChI is InChI=1S/C13H8BrClF2O/c14-7-1-3-9(11(16)5-7)13(18)10-4-2-8(15)6-12(10)17/h1-6,13,18H. The van der Waals surface area contributed by atoms with Crippen molar-refractivity contribution < 1.29 is 13.9 Å². The van der Waals surface area contributed by atoms with Crippen molar-refractivity contribution in [1.29, 1.82) is 0 Å². The third-order valence-electron chi connectivity index (χ3n) is 2.51. The molecule has 1 atom stereocenters. The molecule has 1 unspecified atom stereocenters. The van der Waals surface area contributed by atoms with Crippen LogP contribution < -0.4 is 0 Å². The van der Waals surface area contributed by atoms with Crippen LogP contribution in [0.15, 0.2) is 40.9 Å². The molecule has 2 aromatic carbocycles. The van der Waals surface area contributed by atoms with Gasteiger partial charge < -0.3 is 5.11 Å². The zero-order valence-electron chi connectivity index (χ0n) is 9.00. The molecule has 0 aliphatic carbocycles. The molecule has 0 spiro atoms. The lowest BCUT2D eigenvalue weighted by molar-refractivity contribution is 0.209. The van der Waals surface area contributed by atoms with Gasteiger partial charge in [-0.2, -0.15) is 0 Å². The van der Waals surface area contributed by atoms with Crippen molar-refractivity contribution in [2.24, 2.45) is 0 Å². The van der Waals surface area contributed by atoms with Crippen LogP contribution in [-0.4, -0.2) is 5.11 Å². The maximum Gasteiger partial charge on any atom is 0.130 e. The summed E-state index contributed by atoms with van der Waals surface area (Å²) in [7, 11) is 0. The summed E-state index contributed by atoms with van der Waals surface area (Å²) in [6.45, 7) is 0. The second-order valence-electron chi connectivity index (χ2n) is 3.73. The molecule has 0 aliphatic rings. The number of halogens is 4. The fourth-order valence-electron chi connectivity index (χ4n) is 1.61. The van der Waals surface area contributed by atoms with E-state index in [0.717, 1.165) is 6.07 Å². The number of hydrogen-bond donors (Lipinski definition) is 1. The molecule has 1 nitrogen and oxygen atoms in total. The Morgan fingerprint density at radius 3 is 2.11 bits per heavy atom. The molecular formula is C13H8BrClF2O. The Morgan fingerprint density at radius 2 is 1.56 bits per heavy atom. The maximum absolute atomic E-state index is 13.7. The van der Waals surface area contributed by atoms with E-state index in [0.29, 0.717) is 4.47 Å². The van der Waals surface area contributed by atoms with Crippen LogP contribution in [0.4, 0.5) is 8.78 Å². The topological polar surface area (TPSA) is 20.2 Å². The Labute approximate surface area is 116 Å². The van der Waals surface area contributed by atoms with Crippen molar-refractivity contribution >= 4 is 27.5 Å². The van der Waals surface area contributed by atoms with Gasteiger partial charge in [0.15, 0.2) is 0 Å². The monoisotopic (exact) mass is 332 g/mol. The second kappa shape index (κ2) is 5.34. The van der Waals surface area contributed by atoms with E-state index >= 15 is 0 Å². The lowest BCUT2D eigenvalue weighted by atomic mass is 10.0. The van der Waals surface area contributed by atoms with Gasteiger partial charge in [0.05, 0.1) is 0 Å². The van der Waals surface area contributed by atoms with Crippen molar-refractivity contribution in [2.75, 3.05) is 0 Å². The van der Waals surface area contributed by atoms with Gasteiger partial charge in [-0.15, -0.1) is 0 Å². The predicted molar refractivity (Wildman–Crippen MR) is 69.6 cm³/mol. The molecule has 0 fully saturated rings. The van der Waals surface area contributed by atoms with Gasteiger partial charge >= 0.3 is 0 Å². The number of aliphatic hydroxyl groups is 1. The van der Waals surface area contributed by atoms with Crippen molar-refractivity contribution in [3.63, 3.8) is 0 Å². The summed E-state index contributed by atoms with van der Waals surface area (Å²) in [4.78, 5) is 0. The van der Waals surface area contributed by atoms with Gasteiger partial charge in [0.2, 0.25) is 0 Å². The van der Waals surface area contributed by atoms with Gasteiger partial charge in [-0.25, -0.2) is 8.78 Å². The molecule has 2 aromatic rings. The molecule has 5 heteroatoms. The van der Waals surface area contributed by atoms with E-state index in [1.54, 1.807) is 6.07 Å². The molecule has 0 bridgehead atoms. The first-order chi connectivity index (χ1) is 8.49. The van der Waals surface area contributed by atoms with Crippen LogP contribution in [0.1, 0.15) is 17.2 Å². The van der Waals surface area contributed by atoms with Gasteiger partial charge in [0.25, 0.3) is 0 Å². The summed E-state index contributed by atoms with van der Waals surface area (Å²) in [5, 5.41) is 10.2. The Kier molecular flexibility index (Phi) is 4.00. The highest BCUT2D eigenvalue weighted by Crippen LogP contribution is 2.29. The van der Waals surface area contributed by atoms with Crippen LogP contribution in [0.3, 0.4) is 0 Å². The molecule has 0 amide bonds. The molecule has 94 valence electrons. The van der Waals surface area contributed by atoms with Gasteiger partial charge in [-0.3, -0.25) is 0 Å². The minimum Gasteiger partial charge on any atom is -0.383 e. The number of benzene rings is 2. The zero-order chi connectivity index (χ0) is 13.3. The highest BCUT2D eigenvalue weighted by molar-refractivity contribution is 9.10. The van der Waals surface area contributed by atoms with Crippen LogP contribution in [0.25, 0.3) is 0 Å². The molecule has 0 saturated carbocycles. The summed E-state index contributed by atoms with van der Waals surface area (Å²) in [5.41, 5.74) is 0.0000416. The van der Waals surface area contributed by atoms with E-state index in [4.69, 9.17) is 11.6 Å². The van der Waals surface area contributed by atoms with Crippen LogP contribution in [0.2, 0.25) is 5.02 Å².